The van der Waals surface area contributed by atoms with Crippen molar-refractivity contribution in [2.45, 2.75) is 45.3 Å². The van der Waals surface area contributed by atoms with Gasteiger partial charge in [-0.25, -0.2) is 17.2 Å². The van der Waals surface area contributed by atoms with Gasteiger partial charge < -0.3 is 10.2 Å². The summed E-state index contributed by atoms with van der Waals surface area (Å²) in [6, 6.07) is 18.5. The van der Waals surface area contributed by atoms with Crippen molar-refractivity contribution in [3.63, 3.8) is 0 Å². The summed E-state index contributed by atoms with van der Waals surface area (Å²) in [5.41, 5.74) is 0.694. The second-order valence-electron chi connectivity index (χ2n) is 10.3. The maximum atomic E-state index is 14.0. The second kappa shape index (κ2) is 12.4. The summed E-state index contributed by atoms with van der Waals surface area (Å²) in [6.07, 6.45) is 1.07. The standard InChI is InChI=1S/C29H33F2N3O4S/c1-29(2,3)32-28(36)26(17-21-9-6-5-7-10-21)33(19-22-13-15-23(30)16-14-22)27(35)20-34(39(4,37)38)25-12-8-11-24(31)18-25/h5-16,18,26H,17,19-20H2,1-4H3,(H,32,36)/t26-/m1/s1. The minimum absolute atomic E-state index is 0.0219. The van der Waals surface area contributed by atoms with Crippen LogP contribution in [0.5, 0.6) is 0 Å². The minimum Gasteiger partial charge on any atom is -0.350 e. The van der Waals surface area contributed by atoms with Crippen LogP contribution in [0.1, 0.15) is 31.9 Å². The highest BCUT2D eigenvalue weighted by molar-refractivity contribution is 7.92. The van der Waals surface area contributed by atoms with E-state index in [4.69, 9.17) is 0 Å². The lowest BCUT2D eigenvalue weighted by atomic mass is 10.0. The maximum Gasteiger partial charge on any atom is 0.244 e. The van der Waals surface area contributed by atoms with E-state index in [2.05, 4.69) is 5.32 Å². The molecule has 39 heavy (non-hydrogen) atoms. The van der Waals surface area contributed by atoms with Gasteiger partial charge in [0.25, 0.3) is 0 Å². The molecule has 3 aromatic rings. The molecule has 10 heteroatoms. The number of nitrogens with one attached hydrogen (secondary N) is 1. The molecule has 0 saturated heterocycles. The average Bonchev–Trinajstić information content (AvgIpc) is 2.84. The van der Waals surface area contributed by atoms with Crippen LogP contribution in [-0.4, -0.2) is 49.5 Å². The highest BCUT2D eigenvalue weighted by Gasteiger charge is 2.34. The lowest BCUT2D eigenvalue weighted by Crippen LogP contribution is -2.56. The average molecular weight is 558 g/mol. The molecular formula is C29H33F2N3O4S. The van der Waals surface area contributed by atoms with Crippen LogP contribution in [0.2, 0.25) is 0 Å². The van der Waals surface area contributed by atoms with Crippen LogP contribution in [0.4, 0.5) is 14.5 Å². The van der Waals surface area contributed by atoms with Crippen LogP contribution in [-0.2, 0) is 32.6 Å². The number of hydrogen-bond acceptors (Lipinski definition) is 4. The zero-order chi connectivity index (χ0) is 28.8. The summed E-state index contributed by atoms with van der Waals surface area (Å²) in [7, 11) is -4.01. The van der Waals surface area contributed by atoms with Crippen molar-refractivity contribution in [1.29, 1.82) is 0 Å². The number of nitrogens with zero attached hydrogens (tertiary/aromatic N) is 2. The van der Waals surface area contributed by atoms with E-state index < -0.39 is 51.6 Å². The third-order valence-corrected chi connectivity index (χ3v) is 6.95. The van der Waals surface area contributed by atoms with Gasteiger partial charge in [0, 0.05) is 18.5 Å². The largest absolute Gasteiger partial charge is 0.350 e. The molecule has 0 spiro atoms. The van der Waals surface area contributed by atoms with Crippen LogP contribution in [0.15, 0.2) is 78.9 Å². The van der Waals surface area contributed by atoms with E-state index in [1.54, 1.807) is 0 Å². The van der Waals surface area contributed by atoms with Crippen molar-refractivity contribution < 1.29 is 26.8 Å². The first-order chi connectivity index (χ1) is 18.2. The smallest absolute Gasteiger partial charge is 0.244 e. The molecule has 0 aliphatic heterocycles. The quantitative estimate of drug-likeness (QED) is 0.403. The maximum absolute atomic E-state index is 14.0. The first kappa shape index (κ1) is 29.8. The van der Waals surface area contributed by atoms with Crippen molar-refractivity contribution in [3.05, 3.63) is 102 Å². The van der Waals surface area contributed by atoms with Gasteiger partial charge in [0.2, 0.25) is 21.8 Å². The monoisotopic (exact) mass is 557 g/mol. The fourth-order valence-electron chi connectivity index (χ4n) is 4.04. The number of anilines is 1. The topological polar surface area (TPSA) is 86.8 Å². The molecule has 0 heterocycles. The second-order valence-corrected chi connectivity index (χ2v) is 12.2. The molecule has 0 aliphatic rings. The Morgan fingerprint density at radius 3 is 2.08 bits per heavy atom. The van der Waals surface area contributed by atoms with E-state index in [1.165, 1.54) is 47.4 Å². The van der Waals surface area contributed by atoms with Gasteiger partial charge >= 0.3 is 0 Å². The number of hydrogen-bond donors (Lipinski definition) is 1. The normalized spacial score (nSPS) is 12.5. The summed E-state index contributed by atoms with van der Waals surface area (Å²) >= 11 is 0. The summed E-state index contributed by atoms with van der Waals surface area (Å²) in [5.74, 6) is -2.24. The van der Waals surface area contributed by atoms with E-state index in [9.17, 15) is 26.8 Å². The molecule has 0 aromatic heterocycles. The molecule has 1 N–H and O–H groups in total. The summed E-state index contributed by atoms with van der Waals surface area (Å²) in [5, 5.41) is 2.92. The number of amides is 2. The zero-order valence-electron chi connectivity index (χ0n) is 22.4. The fourth-order valence-corrected chi connectivity index (χ4v) is 4.88. The number of halogens is 2. The highest BCUT2D eigenvalue weighted by atomic mass is 32.2. The predicted molar refractivity (Wildman–Crippen MR) is 147 cm³/mol. The van der Waals surface area contributed by atoms with Crippen LogP contribution in [0, 0.1) is 11.6 Å². The molecule has 0 bridgehead atoms. The van der Waals surface area contributed by atoms with Crippen molar-refractivity contribution in [3.8, 4) is 0 Å². The number of carbonyl (C=O) groups is 2. The van der Waals surface area contributed by atoms with Crippen LogP contribution in [0.25, 0.3) is 0 Å². The molecular weight excluding hydrogens is 524 g/mol. The van der Waals surface area contributed by atoms with Gasteiger partial charge in [0.1, 0.15) is 24.2 Å². The molecule has 0 saturated carbocycles. The Morgan fingerprint density at radius 1 is 0.872 bits per heavy atom. The van der Waals surface area contributed by atoms with E-state index in [0.717, 1.165) is 22.2 Å². The van der Waals surface area contributed by atoms with Gasteiger partial charge in [-0.1, -0.05) is 48.5 Å². The van der Waals surface area contributed by atoms with Crippen molar-refractivity contribution in [1.82, 2.24) is 10.2 Å². The highest BCUT2D eigenvalue weighted by Crippen LogP contribution is 2.21. The van der Waals surface area contributed by atoms with Gasteiger partial charge in [0.05, 0.1) is 11.9 Å². The molecule has 0 radical (unpaired) electrons. The molecule has 0 unspecified atom stereocenters. The number of rotatable bonds is 10. The summed E-state index contributed by atoms with van der Waals surface area (Å²) in [4.78, 5) is 28.8. The van der Waals surface area contributed by atoms with Crippen molar-refractivity contribution in [2.24, 2.45) is 0 Å². The molecule has 7 nitrogen and oxygen atoms in total. The van der Waals surface area contributed by atoms with Crippen molar-refractivity contribution >= 4 is 27.5 Å². The first-order valence-corrected chi connectivity index (χ1v) is 14.2. The Balaban J connectivity index is 2.07. The van der Waals surface area contributed by atoms with Crippen LogP contribution >= 0.6 is 0 Å². The Hall–Kier alpha value is -3.79. The van der Waals surface area contributed by atoms with Gasteiger partial charge in [-0.3, -0.25) is 13.9 Å². The predicted octanol–water partition coefficient (Wildman–Crippen LogP) is 4.29. The molecule has 0 aliphatic carbocycles. The Morgan fingerprint density at radius 2 is 1.51 bits per heavy atom. The third-order valence-electron chi connectivity index (χ3n) is 5.81. The Bertz CT molecular complexity index is 1390. The minimum atomic E-state index is -4.01. The molecule has 1 atom stereocenters. The van der Waals surface area contributed by atoms with E-state index in [0.29, 0.717) is 5.56 Å². The number of benzene rings is 3. The lowest BCUT2D eigenvalue weighted by Gasteiger charge is -2.35. The Kier molecular flexibility index (Phi) is 9.45. The number of sulfonamides is 1. The zero-order valence-corrected chi connectivity index (χ0v) is 23.2. The molecule has 3 rings (SSSR count). The molecule has 2 amide bonds. The van der Waals surface area contributed by atoms with E-state index in [-0.39, 0.29) is 18.7 Å². The van der Waals surface area contributed by atoms with Gasteiger partial charge in [-0.05, 0) is 62.2 Å². The first-order valence-electron chi connectivity index (χ1n) is 12.4. The van der Waals surface area contributed by atoms with Gasteiger partial charge in [0.15, 0.2) is 0 Å². The SMILES string of the molecule is CC(C)(C)NC(=O)[C@@H](Cc1ccccc1)N(Cc1ccc(F)cc1)C(=O)CN(c1cccc(F)c1)S(C)(=O)=O. The van der Waals surface area contributed by atoms with Gasteiger partial charge in [-0.15, -0.1) is 0 Å². The van der Waals surface area contributed by atoms with E-state index in [1.807, 2.05) is 51.1 Å². The molecule has 0 fully saturated rings. The fraction of sp³-hybridized carbons (Fsp3) is 0.310. The number of carbonyl (C=O) groups excluding carboxylic acids is 2. The van der Waals surface area contributed by atoms with E-state index >= 15 is 0 Å². The molecule has 3 aromatic carbocycles. The van der Waals surface area contributed by atoms with Crippen LogP contribution in [0.3, 0.4) is 0 Å². The van der Waals surface area contributed by atoms with Crippen molar-refractivity contribution in [2.75, 3.05) is 17.1 Å². The lowest BCUT2D eigenvalue weighted by molar-refractivity contribution is -0.140. The third kappa shape index (κ3) is 8.88. The molecule has 208 valence electrons. The summed E-state index contributed by atoms with van der Waals surface area (Å²) in [6.45, 7) is 4.68. The Labute approximate surface area is 228 Å². The van der Waals surface area contributed by atoms with Crippen LogP contribution < -0.4 is 9.62 Å². The van der Waals surface area contributed by atoms with Gasteiger partial charge in [-0.2, -0.15) is 0 Å². The summed E-state index contributed by atoms with van der Waals surface area (Å²) < 4.78 is 53.8.